The smallest absolute Gasteiger partial charge is 0.207 e. The van der Waals surface area contributed by atoms with Gasteiger partial charge in [-0.05, 0) is 17.7 Å². The van der Waals surface area contributed by atoms with Crippen molar-refractivity contribution in [3.63, 3.8) is 0 Å². The van der Waals surface area contributed by atoms with Crippen LogP contribution in [0.2, 0.25) is 0 Å². The molecule has 80 valence electrons. The van der Waals surface area contributed by atoms with Gasteiger partial charge < -0.3 is 0 Å². The lowest BCUT2D eigenvalue weighted by molar-refractivity contribution is 0.600. The minimum Gasteiger partial charge on any atom is -0.207 e. The molecular weight excluding hydrogens is 264 g/mol. The minimum absolute atomic E-state index is 0.0957. The Bertz CT molecular complexity index is 536. The van der Waals surface area contributed by atoms with Gasteiger partial charge in [-0.2, -0.15) is 5.26 Å². The molecule has 15 heavy (non-hydrogen) atoms. The third-order valence-corrected chi connectivity index (χ3v) is 3.30. The summed E-state index contributed by atoms with van der Waals surface area (Å²) in [6.45, 7) is 0. The van der Waals surface area contributed by atoms with E-state index >= 15 is 0 Å². The van der Waals surface area contributed by atoms with E-state index in [-0.39, 0.29) is 17.0 Å². The van der Waals surface area contributed by atoms with Gasteiger partial charge in [-0.15, -0.1) is 11.6 Å². The van der Waals surface area contributed by atoms with Crippen LogP contribution >= 0.6 is 22.3 Å². The molecule has 3 nitrogen and oxygen atoms in total. The summed E-state index contributed by atoms with van der Waals surface area (Å²) in [4.78, 5) is -0.406. The van der Waals surface area contributed by atoms with Crippen molar-refractivity contribution >= 4 is 31.3 Å². The molecule has 0 radical (unpaired) electrons. The average molecular weight is 268 g/mol. The van der Waals surface area contributed by atoms with Crippen molar-refractivity contribution in [1.82, 2.24) is 0 Å². The zero-order valence-electron chi connectivity index (χ0n) is 7.17. The number of nitrogens with zero attached hydrogens (tertiary/aromatic N) is 1. The highest BCUT2D eigenvalue weighted by atomic mass is 35.7. The van der Waals surface area contributed by atoms with Gasteiger partial charge in [0.1, 0.15) is 11.9 Å². The lowest BCUT2D eigenvalue weighted by atomic mass is 10.1. The Morgan fingerprint density at radius 3 is 2.47 bits per heavy atom. The summed E-state index contributed by atoms with van der Waals surface area (Å²) in [5, 5.41) is 8.59. The third-order valence-electron chi connectivity index (χ3n) is 1.68. The van der Waals surface area contributed by atoms with Gasteiger partial charge in [-0.3, -0.25) is 0 Å². The number of rotatable bonds is 2. The quantitative estimate of drug-likeness (QED) is 0.611. The van der Waals surface area contributed by atoms with Gasteiger partial charge in [-0.25, -0.2) is 12.8 Å². The largest absolute Gasteiger partial charge is 0.261 e. The van der Waals surface area contributed by atoms with Crippen LogP contribution in [0.3, 0.4) is 0 Å². The Balaban J connectivity index is 3.54. The molecule has 0 aliphatic rings. The highest BCUT2D eigenvalue weighted by Crippen LogP contribution is 2.23. The summed E-state index contributed by atoms with van der Waals surface area (Å²) < 4.78 is 35.1. The van der Waals surface area contributed by atoms with Crippen LogP contribution in [0.15, 0.2) is 17.0 Å². The summed E-state index contributed by atoms with van der Waals surface area (Å²) >= 11 is 5.45. The standard InChI is InChI=1S/C8H4Cl2FNO2S/c9-3-5-1-6(15(10,13)14)2-8(11)7(5)4-12/h1-2H,3H2. The summed E-state index contributed by atoms with van der Waals surface area (Å²) in [5.74, 6) is -1.12. The molecule has 7 heteroatoms. The Hall–Kier alpha value is -0.830. The average Bonchev–Trinajstić information content (AvgIpc) is 2.15. The highest BCUT2D eigenvalue weighted by molar-refractivity contribution is 8.13. The van der Waals surface area contributed by atoms with E-state index in [1.165, 1.54) is 0 Å². The summed E-state index contributed by atoms with van der Waals surface area (Å²) in [5.41, 5.74) is -0.174. The van der Waals surface area contributed by atoms with Crippen LogP contribution in [-0.2, 0) is 14.9 Å². The van der Waals surface area contributed by atoms with Crippen molar-refractivity contribution in [3.8, 4) is 6.07 Å². The van der Waals surface area contributed by atoms with E-state index in [4.69, 9.17) is 27.5 Å². The van der Waals surface area contributed by atoms with Crippen molar-refractivity contribution < 1.29 is 12.8 Å². The second-order valence-corrected chi connectivity index (χ2v) is 5.46. The molecule has 0 unspecified atom stereocenters. The van der Waals surface area contributed by atoms with Crippen LogP contribution in [0.25, 0.3) is 0 Å². The van der Waals surface area contributed by atoms with Gasteiger partial charge in [0.25, 0.3) is 9.05 Å². The maximum absolute atomic E-state index is 13.2. The van der Waals surface area contributed by atoms with E-state index in [0.29, 0.717) is 6.07 Å². The first-order valence-electron chi connectivity index (χ1n) is 3.63. The first-order chi connectivity index (χ1) is 6.90. The topological polar surface area (TPSA) is 57.9 Å². The molecular formula is C8H4Cl2FNO2S. The monoisotopic (exact) mass is 267 g/mol. The maximum atomic E-state index is 13.2. The minimum atomic E-state index is -4.02. The van der Waals surface area contributed by atoms with Crippen LogP contribution in [0.5, 0.6) is 0 Å². The SMILES string of the molecule is N#Cc1c(F)cc(S(=O)(=O)Cl)cc1CCl. The fourth-order valence-electron chi connectivity index (χ4n) is 1.01. The Kier molecular flexibility index (Phi) is 3.55. The van der Waals surface area contributed by atoms with Crippen LogP contribution in [-0.4, -0.2) is 8.42 Å². The molecule has 1 aromatic rings. The molecule has 1 rings (SSSR count). The first-order valence-corrected chi connectivity index (χ1v) is 6.47. The van der Waals surface area contributed by atoms with Crippen LogP contribution in [0.4, 0.5) is 4.39 Å². The Labute approximate surface area is 95.5 Å². The van der Waals surface area contributed by atoms with Crippen LogP contribution < -0.4 is 0 Å². The Morgan fingerprint density at radius 1 is 1.47 bits per heavy atom. The Morgan fingerprint density at radius 2 is 2.07 bits per heavy atom. The zero-order chi connectivity index (χ0) is 11.6. The van der Waals surface area contributed by atoms with E-state index in [1.807, 2.05) is 0 Å². The number of hydrogen-bond acceptors (Lipinski definition) is 3. The van der Waals surface area contributed by atoms with Crippen molar-refractivity contribution in [3.05, 3.63) is 29.1 Å². The summed E-state index contributed by atoms with van der Waals surface area (Å²) in [6, 6.07) is 3.37. The fourth-order valence-corrected chi connectivity index (χ4v) is 2.01. The maximum Gasteiger partial charge on any atom is 0.261 e. The van der Waals surface area contributed by atoms with Gasteiger partial charge in [-0.1, -0.05) is 0 Å². The van der Waals surface area contributed by atoms with Crippen LogP contribution in [0.1, 0.15) is 11.1 Å². The van der Waals surface area contributed by atoms with E-state index < -0.39 is 19.8 Å². The van der Waals surface area contributed by atoms with E-state index in [9.17, 15) is 12.8 Å². The van der Waals surface area contributed by atoms with Gasteiger partial charge in [0.15, 0.2) is 0 Å². The molecule has 0 atom stereocenters. The van der Waals surface area contributed by atoms with E-state index in [1.54, 1.807) is 6.07 Å². The molecule has 0 heterocycles. The van der Waals surface area contributed by atoms with E-state index in [0.717, 1.165) is 6.07 Å². The molecule has 0 saturated carbocycles. The van der Waals surface area contributed by atoms with Gasteiger partial charge >= 0.3 is 0 Å². The van der Waals surface area contributed by atoms with E-state index in [2.05, 4.69) is 0 Å². The van der Waals surface area contributed by atoms with Crippen molar-refractivity contribution in [1.29, 1.82) is 5.26 Å². The number of nitriles is 1. The molecule has 0 N–H and O–H groups in total. The molecule has 0 saturated heterocycles. The number of halogens is 3. The number of hydrogen-bond donors (Lipinski definition) is 0. The predicted octanol–water partition coefficient (Wildman–Crippen LogP) is 2.36. The molecule has 1 aromatic carbocycles. The molecule has 0 aliphatic heterocycles. The van der Waals surface area contributed by atoms with Crippen molar-refractivity contribution in [2.45, 2.75) is 10.8 Å². The predicted molar refractivity (Wildman–Crippen MR) is 53.7 cm³/mol. The van der Waals surface area contributed by atoms with Crippen LogP contribution in [0, 0.1) is 17.1 Å². The first kappa shape index (κ1) is 12.2. The van der Waals surface area contributed by atoms with Gasteiger partial charge in [0, 0.05) is 16.6 Å². The number of benzene rings is 1. The molecule has 0 bridgehead atoms. The third kappa shape index (κ3) is 2.59. The fraction of sp³-hybridized carbons (Fsp3) is 0.125. The molecule has 0 spiro atoms. The van der Waals surface area contributed by atoms with Crippen molar-refractivity contribution in [2.24, 2.45) is 0 Å². The second kappa shape index (κ2) is 4.35. The summed E-state index contributed by atoms with van der Waals surface area (Å²) in [6.07, 6.45) is 0. The molecule has 0 aliphatic carbocycles. The second-order valence-electron chi connectivity index (χ2n) is 2.62. The highest BCUT2D eigenvalue weighted by Gasteiger charge is 2.16. The molecule has 0 amide bonds. The van der Waals surface area contributed by atoms with Crippen molar-refractivity contribution in [2.75, 3.05) is 0 Å². The molecule has 0 aromatic heterocycles. The normalized spacial score (nSPS) is 11.1. The zero-order valence-corrected chi connectivity index (χ0v) is 9.50. The van der Waals surface area contributed by atoms with Gasteiger partial charge in [0.05, 0.1) is 10.5 Å². The lowest BCUT2D eigenvalue weighted by Crippen LogP contribution is -1.98. The van der Waals surface area contributed by atoms with Gasteiger partial charge in [0.2, 0.25) is 0 Å². The lowest BCUT2D eigenvalue weighted by Gasteiger charge is -2.03. The summed E-state index contributed by atoms with van der Waals surface area (Å²) in [7, 11) is 1.02. The number of alkyl halides is 1. The molecule has 0 fully saturated rings.